The van der Waals surface area contributed by atoms with E-state index in [1.54, 1.807) is 32.9 Å². The molecule has 0 unspecified atom stereocenters. The van der Waals surface area contributed by atoms with E-state index in [2.05, 4.69) is 10.6 Å². The molecule has 0 spiro atoms. The van der Waals surface area contributed by atoms with Crippen LogP contribution in [0.5, 0.6) is 0 Å². The fourth-order valence-corrected chi connectivity index (χ4v) is 1.78. The summed E-state index contributed by atoms with van der Waals surface area (Å²) in [6.45, 7) is 5.86. The number of alkyl carbamates (subject to hydrolysis) is 1. The van der Waals surface area contributed by atoms with Crippen LogP contribution < -0.4 is 16.4 Å². The van der Waals surface area contributed by atoms with Crippen LogP contribution in [0.25, 0.3) is 0 Å². The van der Waals surface area contributed by atoms with Crippen LogP contribution >= 0.6 is 0 Å². The van der Waals surface area contributed by atoms with Crippen LogP contribution in [0.4, 0.5) is 16.2 Å². The molecule has 1 aromatic carbocycles. The Kier molecular flexibility index (Phi) is 6.92. The van der Waals surface area contributed by atoms with E-state index in [1.165, 1.54) is 12.1 Å². The van der Waals surface area contributed by atoms with E-state index < -0.39 is 22.5 Å². The summed E-state index contributed by atoms with van der Waals surface area (Å²) >= 11 is 0. The Morgan fingerprint density at radius 1 is 1.28 bits per heavy atom. The zero-order chi connectivity index (χ0) is 19.0. The highest BCUT2D eigenvalue weighted by atomic mass is 16.6. The number of benzene rings is 1. The average molecular weight is 350 g/mol. The molecule has 0 bridgehead atoms. The van der Waals surface area contributed by atoms with Gasteiger partial charge in [-0.1, -0.05) is 12.2 Å². The van der Waals surface area contributed by atoms with E-state index in [4.69, 9.17) is 10.5 Å². The van der Waals surface area contributed by atoms with Crippen molar-refractivity contribution in [2.24, 2.45) is 5.73 Å². The number of carbonyl (C=O) groups excluding carboxylic acids is 2. The van der Waals surface area contributed by atoms with Crippen molar-refractivity contribution in [1.29, 1.82) is 0 Å². The normalized spacial score (nSPS) is 11.2. The van der Waals surface area contributed by atoms with Crippen LogP contribution in [0.2, 0.25) is 0 Å². The number of hydrogen-bond donors (Lipinski definition) is 3. The minimum Gasteiger partial charge on any atom is -0.444 e. The van der Waals surface area contributed by atoms with Gasteiger partial charge in [-0.15, -0.1) is 0 Å². The SMILES string of the molecule is CC(C)(C)OC(=O)NCC=CCNc1ccc(C(N)=O)cc1[N+](=O)[O-]. The number of nitrogens with zero attached hydrogens (tertiary/aromatic N) is 1. The highest BCUT2D eigenvalue weighted by molar-refractivity contribution is 5.94. The second-order valence-corrected chi connectivity index (χ2v) is 6.09. The number of amides is 2. The minimum atomic E-state index is -0.734. The Labute approximate surface area is 145 Å². The Bertz CT molecular complexity index is 680. The second kappa shape index (κ2) is 8.67. The van der Waals surface area contributed by atoms with Crippen molar-refractivity contribution in [2.45, 2.75) is 26.4 Å². The predicted molar refractivity (Wildman–Crippen MR) is 93.5 cm³/mol. The summed E-state index contributed by atoms with van der Waals surface area (Å²) in [6, 6.07) is 3.95. The Morgan fingerprint density at radius 2 is 1.92 bits per heavy atom. The molecule has 0 aliphatic heterocycles. The zero-order valence-electron chi connectivity index (χ0n) is 14.4. The van der Waals surface area contributed by atoms with Crippen LogP contribution in [-0.4, -0.2) is 35.6 Å². The summed E-state index contributed by atoms with van der Waals surface area (Å²) in [7, 11) is 0. The van der Waals surface area contributed by atoms with Gasteiger partial charge in [-0.25, -0.2) is 4.79 Å². The third-order valence-corrected chi connectivity index (χ3v) is 2.82. The lowest BCUT2D eigenvalue weighted by Gasteiger charge is -2.19. The first-order valence-electron chi connectivity index (χ1n) is 7.54. The molecule has 0 aliphatic rings. The minimum absolute atomic E-state index is 0.0642. The first kappa shape index (κ1) is 19.9. The maximum atomic E-state index is 11.4. The molecule has 9 nitrogen and oxygen atoms in total. The number of nitro groups is 1. The number of nitro benzene ring substituents is 1. The molecule has 9 heteroatoms. The van der Waals surface area contributed by atoms with Gasteiger partial charge in [0.05, 0.1) is 4.92 Å². The summed E-state index contributed by atoms with van der Waals surface area (Å²) in [5.41, 5.74) is 4.64. The van der Waals surface area contributed by atoms with Crippen LogP contribution in [0.1, 0.15) is 31.1 Å². The summed E-state index contributed by atoms with van der Waals surface area (Å²) in [5, 5.41) is 16.5. The summed E-state index contributed by atoms with van der Waals surface area (Å²) < 4.78 is 5.07. The average Bonchev–Trinajstić information content (AvgIpc) is 2.48. The van der Waals surface area contributed by atoms with Crippen molar-refractivity contribution in [3.8, 4) is 0 Å². The highest BCUT2D eigenvalue weighted by Crippen LogP contribution is 2.25. The predicted octanol–water partition coefficient (Wildman–Crippen LogP) is 2.19. The van der Waals surface area contributed by atoms with Gasteiger partial charge in [0.15, 0.2) is 0 Å². The summed E-state index contributed by atoms with van der Waals surface area (Å²) in [5.74, 6) is -0.734. The van der Waals surface area contributed by atoms with Crippen molar-refractivity contribution in [3.63, 3.8) is 0 Å². The van der Waals surface area contributed by atoms with Crippen LogP contribution in [0, 0.1) is 10.1 Å². The molecule has 0 saturated heterocycles. The molecule has 0 atom stereocenters. The monoisotopic (exact) mass is 350 g/mol. The molecule has 4 N–H and O–H groups in total. The number of rotatable bonds is 7. The lowest BCUT2D eigenvalue weighted by atomic mass is 10.1. The van der Waals surface area contributed by atoms with E-state index in [9.17, 15) is 19.7 Å². The number of primary amides is 1. The molecule has 25 heavy (non-hydrogen) atoms. The molecular formula is C16H22N4O5. The van der Waals surface area contributed by atoms with Crippen LogP contribution in [0.15, 0.2) is 30.4 Å². The first-order valence-corrected chi connectivity index (χ1v) is 7.54. The van der Waals surface area contributed by atoms with Gasteiger partial charge >= 0.3 is 6.09 Å². The summed E-state index contributed by atoms with van der Waals surface area (Å²) in [4.78, 5) is 33.0. The Hall–Kier alpha value is -3.10. The number of nitrogens with one attached hydrogen (secondary N) is 2. The van der Waals surface area contributed by atoms with E-state index in [0.29, 0.717) is 6.54 Å². The number of anilines is 1. The highest BCUT2D eigenvalue weighted by Gasteiger charge is 2.16. The smallest absolute Gasteiger partial charge is 0.407 e. The second-order valence-electron chi connectivity index (χ2n) is 6.09. The van der Waals surface area contributed by atoms with E-state index in [-0.39, 0.29) is 23.5 Å². The summed E-state index contributed by atoms with van der Waals surface area (Å²) in [6.07, 6.45) is 2.85. The quantitative estimate of drug-likeness (QED) is 0.392. The third-order valence-electron chi connectivity index (χ3n) is 2.82. The fraction of sp³-hybridized carbons (Fsp3) is 0.375. The molecule has 1 aromatic rings. The fourth-order valence-electron chi connectivity index (χ4n) is 1.78. The van der Waals surface area contributed by atoms with E-state index >= 15 is 0 Å². The van der Waals surface area contributed by atoms with Gasteiger partial charge in [-0.05, 0) is 32.9 Å². The van der Waals surface area contributed by atoms with Gasteiger partial charge in [-0.2, -0.15) is 0 Å². The largest absolute Gasteiger partial charge is 0.444 e. The topological polar surface area (TPSA) is 137 Å². The molecule has 1 rings (SSSR count). The Morgan fingerprint density at radius 3 is 2.48 bits per heavy atom. The van der Waals surface area contributed by atoms with Crippen molar-refractivity contribution in [2.75, 3.05) is 18.4 Å². The maximum Gasteiger partial charge on any atom is 0.407 e. The van der Waals surface area contributed by atoms with Crippen molar-refractivity contribution < 1.29 is 19.2 Å². The number of ether oxygens (including phenoxy) is 1. The third kappa shape index (κ3) is 7.34. The molecular weight excluding hydrogens is 328 g/mol. The van der Waals surface area contributed by atoms with Crippen LogP contribution in [0.3, 0.4) is 0 Å². The standard InChI is InChI=1S/C16H22N4O5/c1-16(2,3)25-15(22)19-9-5-4-8-18-12-7-6-11(14(17)21)10-13(12)20(23)24/h4-7,10,18H,8-9H2,1-3H3,(H2,17,21)(H,19,22). The molecule has 0 saturated carbocycles. The van der Waals surface area contributed by atoms with Crippen molar-refractivity contribution in [3.05, 3.63) is 46.0 Å². The molecule has 0 aliphatic carbocycles. The molecule has 0 aromatic heterocycles. The van der Waals surface area contributed by atoms with Crippen molar-refractivity contribution in [1.82, 2.24) is 5.32 Å². The van der Waals surface area contributed by atoms with E-state index in [0.717, 1.165) is 6.07 Å². The van der Waals surface area contributed by atoms with Gasteiger partial charge in [0.25, 0.3) is 5.69 Å². The first-order chi connectivity index (χ1) is 11.6. The van der Waals surface area contributed by atoms with Gasteiger partial charge in [0.2, 0.25) is 5.91 Å². The lowest BCUT2D eigenvalue weighted by Crippen LogP contribution is -2.32. The molecule has 136 valence electrons. The van der Waals surface area contributed by atoms with Gasteiger partial charge < -0.3 is 21.1 Å². The van der Waals surface area contributed by atoms with Gasteiger partial charge in [-0.3, -0.25) is 14.9 Å². The Balaban J connectivity index is 2.52. The van der Waals surface area contributed by atoms with E-state index in [1.807, 2.05) is 0 Å². The van der Waals surface area contributed by atoms with Gasteiger partial charge in [0.1, 0.15) is 11.3 Å². The number of nitrogens with two attached hydrogens (primary N) is 1. The zero-order valence-corrected chi connectivity index (χ0v) is 14.4. The molecule has 2 amide bonds. The lowest BCUT2D eigenvalue weighted by molar-refractivity contribution is -0.384. The molecule has 0 radical (unpaired) electrons. The van der Waals surface area contributed by atoms with Crippen molar-refractivity contribution >= 4 is 23.4 Å². The number of hydrogen-bond acceptors (Lipinski definition) is 6. The van der Waals surface area contributed by atoms with Crippen LogP contribution in [-0.2, 0) is 4.74 Å². The van der Waals surface area contributed by atoms with Gasteiger partial charge in [0, 0.05) is 24.7 Å². The molecule has 0 heterocycles. The number of carbonyl (C=O) groups is 2. The molecule has 0 fully saturated rings. The maximum absolute atomic E-state index is 11.4.